The van der Waals surface area contributed by atoms with Gasteiger partial charge >= 0.3 is 0 Å². The number of benzene rings is 1. The molecule has 6 nitrogen and oxygen atoms in total. The lowest BCUT2D eigenvalue weighted by atomic mass is 10.2. The lowest BCUT2D eigenvalue weighted by molar-refractivity contribution is -0.118. The fourth-order valence-corrected chi connectivity index (χ4v) is 1.98. The number of amides is 1. The second-order valence-corrected chi connectivity index (χ2v) is 4.28. The number of para-hydroxylation sites is 2. The number of nitrogens with one attached hydrogen (secondary N) is 2. The Morgan fingerprint density at radius 1 is 1.37 bits per heavy atom. The van der Waals surface area contributed by atoms with Crippen LogP contribution in [0.15, 0.2) is 42.9 Å². The van der Waals surface area contributed by atoms with Gasteiger partial charge in [-0.3, -0.25) is 9.89 Å². The number of aromatic amines is 1. The molecule has 0 saturated heterocycles. The third-order valence-electron chi connectivity index (χ3n) is 3.04. The van der Waals surface area contributed by atoms with Gasteiger partial charge in [0, 0.05) is 6.07 Å². The minimum Gasteiger partial charge on any atom is -0.318 e. The van der Waals surface area contributed by atoms with Gasteiger partial charge in [-0.15, -0.1) is 0 Å². The molecule has 0 radical (unpaired) electrons. The molecule has 0 aliphatic rings. The van der Waals surface area contributed by atoms with Crippen molar-refractivity contribution < 1.29 is 4.79 Å². The van der Waals surface area contributed by atoms with Crippen LogP contribution < -0.4 is 5.32 Å². The van der Waals surface area contributed by atoms with E-state index in [1.165, 1.54) is 0 Å². The summed E-state index contributed by atoms with van der Waals surface area (Å²) in [6.45, 7) is 1.83. The first kappa shape index (κ1) is 11.5. The van der Waals surface area contributed by atoms with E-state index < -0.39 is 0 Å². The van der Waals surface area contributed by atoms with Crippen molar-refractivity contribution in [3.05, 3.63) is 42.9 Å². The highest BCUT2D eigenvalue weighted by molar-refractivity contribution is 5.93. The SMILES string of the molecule is CC(C(=O)Nc1ccn[nH]1)n1cnc2ccccc21. The van der Waals surface area contributed by atoms with E-state index in [0.29, 0.717) is 5.82 Å². The van der Waals surface area contributed by atoms with E-state index in [1.807, 2.05) is 35.8 Å². The lowest BCUT2D eigenvalue weighted by Crippen LogP contribution is -2.23. The van der Waals surface area contributed by atoms with Crippen LogP contribution in [0.3, 0.4) is 0 Å². The molecule has 0 fully saturated rings. The van der Waals surface area contributed by atoms with Crippen molar-refractivity contribution in [1.82, 2.24) is 19.7 Å². The Balaban J connectivity index is 1.87. The van der Waals surface area contributed by atoms with Gasteiger partial charge in [-0.05, 0) is 19.1 Å². The maximum atomic E-state index is 12.1. The Bertz CT molecular complexity index is 701. The van der Waals surface area contributed by atoms with Crippen molar-refractivity contribution in [3.8, 4) is 0 Å². The zero-order valence-electron chi connectivity index (χ0n) is 10.4. The zero-order valence-corrected chi connectivity index (χ0v) is 10.4. The fourth-order valence-electron chi connectivity index (χ4n) is 1.98. The van der Waals surface area contributed by atoms with Gasteiger partial charge in [-0.1, -0.05) is 12.1 Å². The predicted molar refractivity (Wildman–Crippen MR) is 71.7 cm³/mol. The van der Waals surface area contributed by atoms with E-state index in [9.17, 15) is 4.79 Å². The summed E-state index contributed by atoms with van der Waals surface area (Å²) < 4.78 is 1.85. The summed E-state index contributed by atoms with van der Waals surface area (Å²) in [6.07, 6.45) is 3.27. The average Bonchev–Trinajstić information content (AvgIpc) is 3.06. The number of H-pyrrole nitrogens is 1. The first-order chi connectivity index (χ1) is 9.25. The van der Waals surface area contributed by atoms with E-state index in [0.717, 1.165) is 11.0 Å². The van der Waals surface area contributed by atoms with E-state index in [2.05, 4.69) is 20.5 Å². The standard InChI is InChI=1S/C13H13N5O/c1-9(13(19)16-12-6-7-15-17-12)18-8-14-10-4-2-3-5-11(10)18/h2-9H,1H3,(H2,15,16,17,19). The van der Waals surface area contributed by atoms with Crippen LogP contribution >= 0.6 is 0 Å². The van der Waals surface area contributed by atoms with Gasteiger partial charge < -0.3 is 9.88 Å². The zero-order chi connectivity index (χ0) is 13.2. The van der Waals surface area contributed by atoms with E-state index in [1.54, 1.807) is 18.6 Å². The molecule has 6 heteroatoms. The number of imidazole rings is 1. The Morgan fingerprint density at radius 3 is 3.00 bits per heavy atom. The molecule has 3 aromatic rings. The summed E-state index contributed by atoms with van der Waals surface area (Å²) in [5.74, 6) is 0.466. The number of aromatic nitrogens is 4. The van der Waals surface area contributed by atoms with E-state index in [4.69, 9.17) is 0 Å². The molecule has 0 saturated carbocycles. The fraction of sp³-hybridized carbons (Fsp3) is 0.154. The Kier molecular flexibility index (Phi) is 2.75. The molecule has 2 heterocycles. The average molecular weight is 255 g/mol. The maximum Gasteiger partial charge on any atom is 0.248 e. The number of rotatable bonds is 3. The third-order valence-corrected chi connectivity index (χ3v) is 3.04. The number of hydrogen-bond donors (Lipinski definition) is 2. The molecule has 0 aliphatic heterocycles. The number of anilines is 1. The van der Waals surface area contributed by atoms with Gasteiger partial charge in [0.05, 0.1) is 23.6 Å². The Hall–Kier alpha value is -2.63. The number of carbonyl (C=O) groups excluding carboxylic acids is 1. The van der Waals surface area contributed by atoms with Crippen LogP contribution in [0.1, 0.15) is 13.0 Å². The molecular formula is C13H13N5O. The second-order valence-electron chi connectivity index (χ2n) is 4.28. The quantitative estimate of drug-likeness (QED) is 0.751. The molecule has 2 aromatic heterocycles. The van der Waals surface area contributed by atoms with E-state index in [-0.39, 0.29) is 11.9 Å². The number of carbonyl (C=O) groups is 1. The largest absolute Gasteiger partial charge is 0.318 e. The van der Waals surface area contributed by atoms with Gasteiger partial charge in [0.2, 0.25) is 5.91 Å². The highest BCUT2D eigenvalue weighted by Crippen LogP contribution is 2.18. The summed E-state index contributed by atoms with van der Waals surface area (Å²) in [5, 5.41) is 9.26. The molecular weight excluding hydrogens is 242 g/mol. The van der Waals surface area contributed by atoms with Crippen molar-refractivity contribution in [2.24, 2.45) is 0 Å². The molecule has 0 spiro atoms. The van der Waals surface area contributed by atoms with Crippen molar-refractivity contribution in [1.29, 1.82) is 0 Å². The van der Waals surface area contributed by atoms with Gasteiger partial charge in [-0.25, -0.2) is 4.98 Å². The summed E-state index contributed by atoms with van der Waals surface area (Å²) in [6, 6.07) is 9.08. The first-order valence-electron chi connectivity index (χ1n) is 5.97. The monoisotopic (exact) mass is 255 g/mol. The molecule has 0 bridgehead atoms. The summed E-state index contributed by atoms with van der Waals surface area (Å²) >= 11 is 0. The molecule has 1 aromatic carbocycles. The van der Waals surface area contributed by atoms with Crippen LogP contribution in [-0.4, -0.2) is 25.7 Å². The Morgan fingerprint density at radius 2 is 2.21 bits per heavy atom. The normalized spacial score (nSPS) is 12.5. The van der Waals surface area contributed by atoms with Crippen LogP contribution in [0.5, 0.6) is 0 Å². The lowest BCUT2D eigenvalue weighted by Gasteiger charge is -2.13. The van der Waals surface area contributed by atoms with Crippen LogP contribution in [0.2, 0.25) is 0 Å². The van der Waals surface area contributed by atoms with Gasteiger partial charge in [0.25, 0.3) is 0 Å². The highest BCUT2D eigenvalue weighted by Gasteiger charge is 2.17. The summed E-state index contributed by atoms with van der Waals surface area (Å²) in [5.41, 5.74) is 1.82. The van der Waals surface area contributed by atoms with Crippen molar-refractivity contribution in [2.75, 3.05) is 5.32 Å². The molecule has 19 heavy (non-hydrogen) atoms. The third kappa shape index (κ3) is 2.08. The van der Waals surface area contributed by atoms with Crippen molar-refractivity contribution in [3.63, 3.8) is 0 Å². The Labute approximate surface area is 109 Å². The van der Waals surface area contributed by atoms with Crippen molar-refractivity contribution in [2.45, 2.75) is 13.0 Å². The van der Waals surface area contributed by atoms with Crippen LogP contribution in [0, 0.1) is 0 Å². The number of hydrogen-bond acceptors (Lipinski definition) is 3. The topological polar surface area (TPSA) is 75.6 Å². The van der Waals surface area contributed by atoms with Gasteiger partial charge in [0.1, 0.15) is 11.9 Å². The molecule has 2 N–H and O–H groups in total. The second kappa shape index (κ2) is 4.56. The summed E-state index contributed by atoms with van der Waals surface area (Å²) in [7, 11) is 0. The van der Waals surface area contributed by atoms with E-state index >= 15 is 0 Å². The molecule has 3 rings (SSSR count). The molecule has 1 amide bonds. The summed E-state index contributed by atoms with van der Waals surface area (Å²) in [4.78, 5) is 16.4. The molecule has 0 aliphatic carbocycles. The molecule has 1 atom stereocenters. The first-order valence-corrected chi connectivity index (χ1v) is 5.97. The maximum absolute atomic E-state index is 12.1. The highest BCUT2D eigenvalue weighted by atomic mass is 16.2. The van der Waals surface area contributed by atoms with Gasteiger partial charge in [-0.2, -0.15) is 5.10 Å². The number of nitrogens with zero attached hydrogens (tertiary/aromatic N) is 3. The van der Waals surface area contributed by atoms with Crippen LogP contribution in [-0.2, 0) is 4.79 Å². The minimum atomic E-state index is -0.351. The molecule has 1 unspecified atom stereocenters. The molecule has 96 valence electrons. The van der Waals surface area contributed by atoms with Crippen molar-refractivity contribution >= 4 is 22.8 Å². The smallest absolute Gasteiger partial charge is 0.248 e. The van der Waals surface area contributed by atoms with Gasteiger partial charge in [0.15, 0.2) is 0 Å². The van der Waals surface area contributed by atoms with Crippen LogP contribution in [0.25, 0.3) is 11.0 Å². The number of fused-ring (bicyclic) bond motifs is 1. The van der Waals surface area contributed by atoms with Crippen LogP contribution in [0.4, 0.5) is 5.82 Å². The minimum absolute atomic E-state index is 0.118. The predicted octanol–water partition coefficient (Wildman–Crippen LogP) is 1.96.